The highest BCUT2D eigenvalue weighted by molar-refractivity contribution is 5.94. The van der Waals surface area contributed by atoms with Gasteiger partial charge in [-0.2, -0.15) is 0 Å². The monoisotopic (exact) mass is 290 g/mol. The van der Waals surface area contributed by atoms with Crippen molar-refractivity contribution in [2.75, 3.05) is 40.3 Å². The summed E-state index contributed by atoms with van der Waals surface area (Å²) in [7, 11) is 3.48. The predicted molar refractivity (Wildman–Crippen MR) is 80.3 cm³/mol. The van der Waals surface area contributed by atoms with E-state index in [0.29, 0.717) is 31.7 Å². The Morgan fingerprint density at radius 1 is 1.00 bits per heavy atom. The van der Waals surface area contributed by atoms with Gasteiger partial charge in [-0.05, 0) is 26.0 Å². The van der Waals surface area contributed by atoms with Crippen molar-refractivity contribution < 1.29 is 9.59 Å². The molecule has 0 N–H and O–H groups in total. The molecule has 6 heteroatoms. The highest BCUT2D eigenvalue weighted by atomic mass is 16.2. The van der Waals surface area contributed by atoms with Crippen molar-refractivity contribution in [3.05, 3.63) is 29.1 Å². The summed E-state index contributed by atoms with van der Waals surface area (Å²) in [5.41, 5.74) is 2.37. The SMILES string of the molecule is Cc1cc(C(=O)N2CCN(C(=O)N(C)C)CC2)cc(C)n1. The first kappa shape index (κ1) is 15.3. The van der Waals surface area contributed by atoms with Gasteiger partial charge in [0.25, 0.3) is 5.91 Å². The molecule has 6 nitrogen and oxygen atoms in total. The summed E-state index contributed by atoms with van der Waals surface area (Å²) in [6.07, 6.45) is 0. The maximum absolute atomic E-state index is 12.5. The fourth-order valence-corrected chi connectivity index (χ4v) is 2.52. The first-order valence-electron chi connectivity index (χ1n) is 7.09. The number of carbonyl (C=O) groups excluding carboxylic acids is 2. The molecule has 0 aliphatic carbocycles. The van der Waals surface area contributed by atoms with Crippen molar-refractivity contribution in [1.29, 1.82) is 0 Å². The number of rotatable bonds is 1. The molecule has 0 atom stereocenters. The van der Waals surface area contributed by atoms with E-state index in [4.69, 9.17) is 0 Å². The van der Waals surface area contributed by atoms with Crippen LogP contribution in [0.4, 0.5) is 4.79 Å². The first-order chi connectivity index (χ1) is 9.88. The normalized spacial score (nSPS) is 15.0. The summed E-state index contributed by atoms with van der Waals surface area (Å²) in [5, 5.41) is 0. The molecule has 3 amide bonds. The van der Waals surface area contributed by atoms with Gasteiger partial charge < -0.3 is 14.7 Å². The number of pyridine rings is 1. The second-order valence-electron chi connectivity index (χ2n) is 5.59. The zero-order valence-electron chi connectivity index (χ0n) is 13.1. The molecule has 1 saturated heterocycles. The van der Waals surface area contributed by atoms with Gasteiger partial charge in [0.15, 0.2) is 0 Å². The zero-order chi connectivity index (χ0) is 15.6. The van der Waals surface area contributed by atoms with Crippen LogP contribution >= 0.6 is 0 Å². The van der Waals surface area contributed by atoms with Crippen LogP contribution in [0, 0.1) is 13.8 Å². The van der Waals surface area contributed by atoms with Gasteiger partial charge in [-0.25, -0.2) is 4.79 Å². The van der Waals surface area contributed by atoms with E-state index in [9.17, 15) is 9.59 Å². The molecule has 1 aliphatic rings. The molecule has 0 spiro atoms. The molecule has 2 rings (SSSR count). The lowest BCUT2D eigenvalue weighted by Gasteiger charge is -2.36. The molecule has 1 aromatic rings. The number of amides is 3. The number of piperazine rings is 1. The van der Waals surface area contributed by atoms with Gasteiger partial charge in [0, 0.05) is 57.2 Å². The lowest BCUT2D eigenvalue weighted by molar-refractivity contribution is 0.0650. The van der Waals surface area contributed by atoms with Crippen molar-refractivity contribution in [3.63, 3.8) is 0 Å². The third kappa shape index (κ3) is 3.51. The van der Waals surface area contributed by atoms with Crippen LogP contribution in [-0.4, -0.2) is 71.9 Å². The van der Waals surface area contributed by atoms with Gasteiger partial charge in [0.05, 0.1) is 0 Å². The van der Waals surface area contributed by atoms with Crippen molar-refractivity contribution >= 4 is 11.9 Å². The maximum Gasteiger partial charge on any atom is 0.319 e. The average Bonchev–Trinajstić information content (AvgIpc) is 2.44. The van der Waals surface area contributed by atoms with Gasteiger partial charge in [-0.15, -0.1) is 0 Å². The molecule has 0 bridgehead atoms. The third-order valence-electron chi connectivity index (χ3n) is 3.55. The van der Waals surface area contributed by atoms with E-state index in [1.165, 1.54) is 0 Å². The Hall–Kier alpha value is -2.11. The third-order valence-corrected chi connectivity index (χ3v) is 3.55. The largest absolute Gasteiger partial charge is 0.335 e. The van der Waals surface area contributed by atoms with E-state index in [2.05, 4.69) is 4.98 Å². The summed E-state index contributed by atoms with van der Waals surface area (Å²) < 4.78 is 0. The molecule has 21 heavy (non-hydrogen) atoms. The van der Waals surface area contributed by atoms with Crippen LogP contribution < -0.4 is 0 Å². The molecule has 0 aromatic carbocycles. The fourth-order valence-electron chi connectivity index (χ4n) is 2.52. The Kier molecular flexibility index (Phi) is 4.45. The van der Waals surface area contributed by atoms with Gasteiger partial charge in [0.2, 0.25) is 0 Å². The minimum absolute atomic E-state index is 0.00213. The van der Waals surface area contributed by atoms with Crippen molar-refractivity contribution in [3.8, 4) is 0 Å². The molecule has 2 heterocycles. The predicted octanol–water partition coefficient (Wildman–Crippen LogP) is 1.14. The smallest absolute Gasteiger partial charge is 0.319 e. The summed E-state index contributed by atoms with van der Waals surface area (Å²) in [6, 6.07) is 3.62. The molecular weight excluding hydrogens is 268 g/mol. The van der Waals surface area contributed by atoms with Crippen LogP contribution in [0.25, 0.3) is 0 Å². The molecule has 0 unspecified atom stereocenters. The molecule has 1 aromatic heterocycles. The minimum Gasteiger partial charge on any atom is -0.335 e. The highest BCUT2D eigenvalue weighted by Crippen LogP contribution is 2.12. The number of aryl methyl sites for hydroxylation is 2. The number of hydrogen-bond acceptors (Lipinski definition) is 3. The van der Waals surface area contributed by atoms with E-state index in [0.717, 1.165) is 11.4 Å². The van der Waals surface area contributed by atoms with Crippen molar-refractivity contribution in [1.82, 2.24) is 19.7 Å². The van der Waals surface area contributed by atoms with E-state index >= 15 is 0 Å². The Morgan fingerprint density at radius 2 is 1.48 bits per heavy atom. The van der Waals surface area contributed by atoms with Gasteiger partial charge >= 0.3 is 6.03 Å². The number of hydrogen-bond donors (Lipinski definition) is 0. The van der Waals surface area contributed by atoms with Gasteiger partial charge in [0.1, 0.15) is 0 Å². The Morgan fingerprint density at radius 3 is 1.95 bits per heavy atom. The van der Waals surface area contributed by atoms with E-state index in [-0.39, 0.29) is 11.9 Å². The van der Waals surface area contributed by atoms with Crippen LogP contribution in [0.1, 0.15) is 21.7 Å². The Labute approximate surface area is 125 Å². The van der Waals surface area contributed by atoms with E-state index in [1.807, 2.05) is 26.0 Å². The quantitative estimate of drug-likeness (QED) is 0.779. The van der Waals surface area contributed by atoms with Crippen LogP contribution in [0.5, 0.6) is 0 Å². The first-order valence-corrected chi connectivity index (χ1v) is 7.09. The number of aromatic nitrogens is 1. The molecular formula is C15H22N4O2. The van der Waals surface area contributed by atoms with E-state index in [1.54, 1.807) is 28.8 Å². The van der Waals surface area contributed by atoms with Gasteiger partial charge in [-0.1, -0.05) is 0 Å². The summed E-state index contributed by atoms with van der Waals surface area (Å²) in [6.45, 7) is 6.06. The van der Waals surface area contributed by atoms with Crippen molar-refractivity contribution in [2.24, 2.45) is 0 Å². The van der Waals surface area contributed by atoms with Crippen LogP contribution in [0.2, 0.25) is 0 Å². The zero-order valence-corrected chi connectivity index (χ0v) is 13.1. The summed E-state index contributed by atoms with van der Waals surface area (Å²) >= 11 is 0. The molecule has 1 fully saturated rings. The maximum atomic E-state index is 12.5. The minimum atomic E-state index is -0.00213. The fraction of sp³-hybridized carbons (Fsp3) is 0.533. The topological polar surface area (TPSA) is 56.8 Å². The second kappa shape index (κ2) is 6.11. The average molecular weight is 290 g/mol. The Bertz CT molecular complexity index is 528. The van der Waals surface area contributed by atoms with Crippen LogP contribution in [0.3, 0.4) is 0 Å². The van der Waals surface area contributed by atoms with Crippen LogP contribution in [-0.2, 0) is 0 Å². The van der Waals surface area contributed by atoms with Crippen LogP contribution in [0.15, 0.2) is 12.1 Å². The molecule has 1 aliphatic heterocycles. The lowest BCUT2D eigenvalue weighted by Crippen LogP contribution is -2.52. The molecule has 114 valence electrons. The number of nitrogens with zero attached hydrogens (tertiary/aromatic N) is 4. The summed E-state index contributed by atoms with van der Waals surface area (Å²) in [5.74, 6) is 0.0144. The Balaban J connectivity index is 2.02. The van der Waals surface area contributed by atoms with E-state index < -0.39 is 0 Å². The number of urea groups is 1. The highest BCUT2D eigenvalue weighted by Gasteiger charge is 2.25. The molecule has 0 saturated carbocycles. The second-order valence-corrected chi connectivity index (χ2v) is 5.59. The van der Waals surface area contributed by atoms with Gasteiger partial charge in [-0.3, -0.25) is 9.78 Å². The molecule has 0 radical (unpaired) electrons. The lowest BCUT2D eigenvalue weighted by atomic mass is 10.1. The van der Waals surface area contributed by atoms with Crippen molar-refractivity contribution in [2.45, 2.75) is 13.8 Å². The number of carbonyl (C=O) groups is 2. The standard InChI is InChI=1S/C15H22N4O2/c1-11-9-13(10-12(2)16-11)14(20)18-5-7-19(8-6-18)15(21)17(3)4/h9-10H,5-8H2,1-4H3. The summed E-state index contributed by atoms with van der Waals surface area (Å²) in [4.78, 5) is 33.8.